The van der Waals surface area contributed by atoms with Crippen molar-refractivity contribution < 1.29 is 9.53 Å². The molecule has 2 heterocycles. The summed E-state index contributed by atoms with van der Waals surface area (Å²) in [7, 11) is 1.66. The van der Waals surface area contributed by atoms with Crippen LogP contribution in [0.25, 0.3) is 0 Å². The maximum Gasteiger partial charge on any atom is 0.245 e. The van der Waals surface area contributed by atoms with Crippen molar-refractivity contribution in [2.45, 2.75) is 31.8 Å². The van der Waals surface area contributed by atoms with E-state index in [-0.39, 0.29) is 18.0 Å². The second kappa shape index (κ2) is 6.22. The van der Waals surface area contributed by atoms with Crippen molar-refractivity contribution in [2.75, 3.05) is 13.7 Å². The van der Waals surface area contributed by atoms with Crippen LogP contribution in [0.3, 0.4) is 0 Å². The average Bonchev–Trinajstić information content (AvgIpc) is 3.24. The molecule has 1 aliphatic rings. The fraction of sp³-hybridized carbons (Fsp3) is 0.412. The number of benzene rings is 1. The van der Waals surface area contributed by atoms with E-state index in [0.29, 0.717) is 0 Å². The topological polar surface area (TPSA) is 47.4 Å². The third-order valence-corrected chi connectivity index (χ3v) is 4.37. The van der Waals surface area contributed by atoms with Crippen molar-refractivity contribution in [1.29, 1.82) is 0 Å². The maximum absolute atomic E-state index is 12.8. The Hall–Kier alpha value is -2.30. The molecule has 0 aliphatic carbocycles. The van der Waals surface area contributed by atoms with Crippen LogP contribution in [0, 0.1) is 0 Å². The summed E-state index contributed by atoms with van der Waals surface area (Å²) in [6.07, 6.45) is 7.28. The van der Waals surface area contributed by atoms with Crippen LogP contribution in [0.15, 0.2) is 43.0 Å². The van der Waals surface area contributed by atoms with E-state index in [1.54, 1.807) is 19.6 Å². The molecule has 0 bridgehead atoms. The minimum Gasteiger partial charge on any atom is -0.497 e. The lowest BCUT2D eigenvalue weighted by molar-refractivity contribution is -0.135. The molecule has 1 aromatic carbocycles. The Morgan fingerprint density at radius 3 is 2.77 bits per heavy atom. The number of rotatable bonds is 4. The summed E-state index contributed by atoms with van der Waals surface area (Å²) in [6, 6.07) is 7.95. The number of ether oxygens (including phenoxy) is 1. The van der Waals surface area contributed by atoms with Gasteiger partial charge in [-0.15, -0.1) is 0 Å². The van der Waals surface area contributed by atoms with Crippen LogP contribution in [-0.2, 0) is 4.79 Å². The SMILES string of the molecule is COc1ccc([C@H]2CCCN2C(=O)[C@H](C)n2ccnc2)cc1. The zero-order valence-electron chi connectivity index (χ0n) is 13.0. The second-order valence-electron chi connectivity index (χ2n) is 5.65. The van der Waals surface area contributed by atoms with Crippen LogP contribution < -0.4 is 4.74 Å². The van der Waals surface area contributed by atoms with Crippen LogP contribution in [-0.4, -0.2) is 34.0 Å². The summed E-state index contributed by atoms with van der Waals surface area (Å²) < 4.78 is 7.06. The van der Waals surface area contributed by atoms with Gasteiger partial charge in [0, 0.05) is 18.9 Å². The normalized spacial score (nSPS) is 19.2. The first-order chi connectivity index (χ1) is 10.7. The van der Waals surface area contributed by atoms with E-state index in [1.807, 2.05) is 34.7 Å². The Morgan fingerprint density at radius 2 is 2.14 bits per heavy atom. The fourth-order valence-corrected chi connectivity index (χ4v) is 3.07. The number of carbonyl (C=O) groups excluding carboxylic acids is 1. The molecule has 1 aliphatic heterocycles. The van der Waals surface area contributed by atoms with E-state index in [1.165, 1.54) is 5.56 Å². The zero-order valence-corrected chi connectivity index (χ0v) is 13.0. The first-order valence-electron chi connectivity index (χ1n) is 7.62. The van der Waals surface area contributed by atoms with Crippen molar-refractivity contribution in [2.24, 2.45) is 0 Å². The van der Waals surface area contributed by atoms with E-state index in [0.717, 1.165) is 25.1 Å². The van der Waals surface area contributed by atoms with Crippen molar-refractivity contribution in [3.05, 3.63) is 48.5 Å². The number of hydrogen-bond donors (Lipinski definition) is 0. The van der Waals surface area contributed by atoms with Crippen LogP contribution >= 0.6 is 0 Å². The van der Waals surface area contributed by atoms with Crippen LogP contribution in [0.2, 0.25) is 0 Å². The highest BCUT2D eigenvalue weighted by molar-refractivity contribution is 5.80. The molecule has 0 unspecified atom stereocenters. The van der Waals surface area contributed by atoms with Gasteiger partial charge in [-0.3, -0.25) is 4.79 Å². The van der Waals surface area contributed by atoms with Gasteiger partial charge in [-0.05, 0) is 37.5 Å². The van der Waals surface area contributed by atoms with Crippen molar-refractivity contribution in [1.82, 2.24) is 14.5 Å². The summed E-state index contributed by atoms with van der Waals surface area (Å²) in [4.78, 5) is 18.8. The van der Waals surface area contributed by atoms with Gasteiger partial charge in [0.15, 0.2) is 0 Å². The molecule has 0 saturated carbocycles. The lowest BCUT2D eigenvalue weighted by Crippen LogP contribution is -2.35. The lowest BCUT2D eigenvalue weighted by Gasteiger charge is -2.28. The second-order valence-corrected chi connectivity index (χ2v) is 5.65. The molecule has 2 aromatic rings. The predicted molar refractivity (Wildman–Crippen MR) is 83.6 cm³/mol. The van der Waals surface area contributed by atoms with Gasteiger partial charge in [-0.2, -0.15) is 0 Å². The molecule has 0 N–H and O–H groups in total. The molecule has 22 heavy (non-hydrogen) atoms. The fourth-order valence-electron chi connectivity index (χ4n) is 3.07. The minimum atomic E-state index is -0.221. The molecule has 3 rings (SSSR count). The number of nitrogens with zero attached hydrogens (tertiary/aromatic N) is 3. The number of amides is 1. The third kappa shape index (κ3) is 2.71. The van der Waals surface area contributed by atoms with Gasteiger partial charge in [0.1, 0.15) is 11.8 Å². The third-order valence-electron chi connectivity index (χ3n) is 4.37. The number of likely N-dealkylation sites (tertiary alicyclic amines) is 1. The minimum absolute atomic E-state index is 0.149. The van der Waals surface area contributed by atoms with Crippen LogP contribution in [0.5, 0.6) is 5.75 Å². The Labute approximate surface area is 130 Å². The van der Waals surface area contributed by atoms with Crippen molar-refractivity contribution in [3.63, 3.8) is 0 Å². The van der Waals surface area contributed by atoms with E-state index in [4.69, 9.17) is 4.74 Å². The van der Waals surface area contributed by atoms with Crippen LogP contribution in [0.1, 0.15) is 37.4 Å². The van der Waals surface area contributed by atoms with Gasteiger partial charge in [0.25, 0.3) is 0 Å². The van der Waals surface area contributed by atoms with Gasteiger partial charge in [0.05, 0.1) is 19.5 Å². The first kappa shape index (κ1) is 14.6. The first-order valence-corrected chi connectivity index (χ1v) is 7.62. The number of methoxy groups -OCH3 is 1. The summed E-state index contributed by atoms with van der Waals surface area (Å²) in [5.74, 6) is 0.989. The monoisotopic (exact) mass is 299 g/mol. The summed E-state index contributed by atoms with van der Waals surface area (Å²) in [5, 5.41) is 0. The molecule has 1 aromatic heterocycles. The van der Waals surface area contributed by atoms with E-state index in [2.05, 4.69) is 17.1 Å². The smallest absolute Gasteiger partial charge is 0.245 e. The number of imidazole rings is 1. The highest BCUT2D eigenvalue weighted by Gasteiger charge is 2.32. The highest BCUT2D eigenvalue weighted by Crippen LogP contribution is 2.34. The number of carbonyl (C=O) groups is 1. The van der Waals surface area contributed by atoms with Gasteiger partial charge < -0.3 is 14.2 Å². The van der Waals surface area contributed by atoms with E-state index < -0.39 is 0 Å². The average molecular weight is 299 g/mol. The van der Waals surface area contributed by atoms with Crippen LogP contribution in [0.4, 0.5) is 0 Å². The number of hydrogen-bond acceptors (Lipinski definition) is 3. The van der Waals surface area contributed by atoms with E-state index >= 15 is 0 Å². The number of aromatic nitrogens is 2. The van der Waals surface area contributed by atoms with E-state index in [9.17, 15) is 4.79 Å². The summed E-state index contributed by atoms with van der Waals surface area (Å²) >= 11 is 0. The molecular weight excluding hydrogens is 278 g/mol. The zero-order chi connectivity index (χ0) is 15.5. The lowest BCUT2D eigenvalue weighted by atomic mass is 10.0. The Morgan fingerprint density at radius 1 is 1.36 bits per heavy atom. The Kier molecular flexibility index (Phi) is 4.13. The molecule has 5 nitrogen and oxygen atoms in total. The largest absolute Gasteiger partial charge is 0.497 e. The molecule has 116 valence electrons. The quantitative estimate of drug-likeness (QED) is 0.872. The molecule has 0 spiro atoms. The standard InChI is InChI=1S/C17H21N3O2/c1-13(19-11-9-18-12-19)17(21)20-10-3-4-16(20)14-5-7-15(22-2)8-6-14/h5-9,11-13,16H,3-4,10H2,1-2H3/t13-,16+/m0/s1. The highest BCUT2D eigenvalue weighted by atomic mass is 16.5. The summed E-state index contributed by atoms with van der Waals surface area (Å²) in [5.41, 5.74) is 1.17. The molecular formula is C17H21N3O2. The predicted octanol–water partition coefficient (Wildman–Crippen LogP) is 2.82. The van der Waals surface area contributed by atoms with Crippen molar-refractivity contribution in [3.8, 4) is 5.75 Å². The Bertz CT molecular complexity index is 622. The van der Waals surface area contributed by atoms with Gasteiger partial charge in [0.2, 0.25) is 5.91 Å². The molecule has 2 atom stereocenters. The van der Waals surface area contributed by atoms with Gasteiger partial charge >= 0.3 is 0 Å². The molecule has 1 fully saturated rings. The Balaban J connectivity index is 1.78. The molecule has 0 radical (unpaired) electrons. The molecule has 5 heteroatoms. The van der Waals surface area contributed by atoms with Gasteiger partial charge in [-0.1, -0.05) is 12.1 Å². The summed E-state index contributed by atoms with van der Waals surface area (Å²) in [6.45, 7) is 2.74. The molecule has 1 amide bonds. The maximum atomic E-state index is 12.8. The van der Waals surface area contributed by atoms with Crippen molar-refractivity contribution >= 4 is 5.91 Å². The van der Waals surface area contributed by atoms with Gasteiger partial charge in [-0.25, -0.2) is 4.98 Å². The molecule has 1 saturated heterocycles.